The Bertz CT molecular complexity index is 482. The van der Waals surface area contributed by atoms with E-state index < -0.39 is 5.41 Å². The number of carbonyl (C=O) groups is 1. The summed E-state index contributed by atoms with van der Waals surface area (Å²) >= 11 is 11.9. The van der Waals surface area contributed by atoms with Gasteiger partial charge in [-0.25, -0.2) is 0 Å². The number of hydrogen-bond acceptors (Lipinski definition) is 3. The number of benzene rings is 1. The summed E-state index contributed by atoms with van der Waals surface area (Å²) in [4.78, 5) is 12.4. The minimum atomic E-state index is -0.482. The zero-order valence-electron chi connectivity index (χ0n) is 11.8. The summed E-state index contributed by atoms with van der Waals surface area (Å²) in [6.07, 6.45) is 2.04. The number of amides is 1. The summed E-state index contributed by atoms with van der Waals surface area (Å²) in [5.41, 5.74) is 6.33. The molecule has 0 aliphatic carbocycles. The van der Waals surface area contributed by atoms with Crippen molar-refractivity contribution >= 4 is 29.1 Å². The zero-order chi connectivity index (χ0) is 15.3. The standard InChI is InChI=1S/C15H20Cl2N2O2/c16-12-7-11(8-13(17)9-12)1-4-19-14(20)15(10-18)2-5-21-6-3-15/h7-9H,1-6,10,18H2,(H,19,20). The third kappa shape index (κ3) is 4.33. The van der Waals surface area contributed by atoms with Crippen molar-refractivity contribution in [3.63, 3.8) is 0 Å². The first-order valence-corrected chi connectivity index (χ1v) is 7.82. The van der Waals surface area contributed by atoms with Crippen LogP contribution in [0, 0.1) is 5.41 Å². The van der Waals surface area contributed by atoms with Crippen LogP contribution in [-0.2, 0) is 16.0 Å². The molecule has 1 aliphatic rings. The summed E-state index contributed by atoms with van der Waals surface area (Å²) in [6.45, 7) is 2.08. The van der Waals surface area contributed by atoms with Crippen molar-refractivity contribution in [2.45, 2.75) is 19.3 Å². The average molecular weight is 331 g/mol. The van der Waals surface area contributed by atoms with Crippen LogP contribution in [0.25, 0.3) is 0 Å². The van der Waals surface area contributed by atoms with Crippen LogP contribution in [0.5, 0.6) is 0 Å². The van der Waals surface area contributed by atoms with E-state index in [1.54, 1.807) is 6.07 Å². The van der Waals surface area contributed by atoms with Gasteiger partial charge in [-0.2, -0.15) is 0 Å². The molecule has 1 aliphatic heterocycles. The summed E-state index contributed by atoms with van der Waals surface area (Å²) in [7, 11) is 0. The molecular weight excluding hydrogens is 311 g/mol. The molecule has 1 aromatic carbocycles. The molecule has 0 spiro atoms. The zero-order valence-corrected chi connectivity index (χ0v) is 13.3. The molecular formula is C15H20Cl2N2O2. The fourth-order valence-electron chi connectivity index (χ4n) is 2.55. The highest BCUT2D eigenvalue weighted by atomic mass is 35.5. The average Bonchev–Trinajstić information content (AvgIpc) is 2.47. The van der Waals surface area contributed by atoms with Gasteiger partial charge in [0.2, 0.25) is 5.91 Å². The van der Waals surface area contributed by atoms with E-state index in [0.29, 0.717) is 55.6 Å². The highest BCUT2D eigenvalue weighted by Gasteiger charge is 2.38. The summed E-state index contributed by atoms with van der Waals surface area (Å²) in [5, 5.41) is 4.18. The third-order valence-electron chi connectivity index (χ3n) is 3.94. The summed E-state index contributed by atoms with van der Waals surface area (Å²) in [6, 6.07) is 5.40. The molecule has 6 heteroatoms. The molecule has 2 rings (SSSR count). The van der Waals surface area contributed by atoms with Gasteiger partial charge in [0.1, 0.15) is 0 Å². The molecule has 1 heterocycles. The molecule has 116 valence electrons. The van der Waals surface area contributed by atoms with E-state index in [2.05, 4.69) is 5.32 Å². The molecule has 1 fully saturated rings. The number of rotatable bonds is 5. The Labute approximate surface area is 134 Å². The Morgan fingerprint density at radius 2 is 1.86 bits per heavy atom. The lowest BCUT2D eigenvalue weighted by atomic mass is 9.79. The molecule has 3 N–H and O–H groups in total. The lowest BCUT2D eigenvalue weighted by Crippen LogP contribution is -2.49. The molecule has 0 aromatic heterocycles. The number of nitrogens with two attached hydrogens (primary N) is 1. The van der Waals surface area contributed by atoms with Gasteiger partial charge in [-0.1, -0.05) is 23.2 Å². The van der Waals surface area contributed by atoms with E-state index in [4.69, 9.17) is 33.7 Å². The number of carbonyl (C=O) groups excluding carboxylic acids is 1. The molecule has 0 saturated carbocycles. The third-order valence-corrected chi connectivity index (χ3v) is 4.38. The van der Waals surface area contributed by atoms with Gasteiger partial charge >= 0.3 is 0 Å². The smallest absolute Gasteiger partial charge is 0.227 e. The van der Waals surface area contributed by atoms with E-state index in [-0.39, 0.29) is 5.91 Å². The van der Waals surface area contributed by atoms with Crippen LogP contribution < -0.4 is 11.1 Å². The topological polar surface area (TPSA) is 64.4 Å². The molecule has 0 radical (unpaired) electrons. The van der Waals surface area contributed by atoms with E-state index in [1.807, 2.05) is 12.1 Å². The van der Waals surface area contributed by atoms with E-state index >= 15 is 0 Å². The lowest BCUT2D eigenvalue weighted by Gasteiger charge is -2.34. The Kier molecular flexibility index (Phi) is 5.88. The molecule has 1 aromatic rings. The van der Waals surface area contributed by atoms with Crippen molar-refractivity contribution in [2.24, 2.45) is 11.1 Å². The van der Waals surface area contributed by atoms with Crippen molar-refractivity contribution < 1.29 is 9.53 Å². The van der Waals surface area contributed by atoms with Crippen molar-refractivity contribution in [3.8, 4) is 0 Å². The maximum absolute atomic E-state index is 12.4. The van der Waals surface area contributed by atoms with Gasteiger partial charge in [0.05, 0.1) is 5.41 Å². The second-order valence-electron chi connectivity index (χ2n) is 5.38. The van der Waals surface area contributed by atoms with Gasteiger partial charge in [-0.3, -0.25) is 4.79 Å². The summed E-state index contributed by atoms with van der Waals surface area (Å²) < 4.78 is 5.31. The first kappa shape index (κ1) is 16.6. The van der Waals surface area contributed by atoms with E-state index in [1.165, 1.54) is 0 Å². The van der Waals surface area contributed by atoms with Crippen LogP contribution in [0.1, 0.15) is 18.4 Å². The molecule has 0 unspecified atom stereocenters. The van der Waals surface area contributed by atoms with Gasteiger partial charge < -0.3 is 15.8 Å². The van der Waals surface area contributed by atoms with Crippen molar-refractivity contribution in [2.75, 3.05) is 26.3 Å². The van der Waals surface area contributed by atoms with Crippen LogP contribution in [-0.4, -0.2) is 32.2 Å². The first-order chi connectivity index (χ1) is 10.1. The molecule has 0 bridgehead atoms. The van der Waals surface area contributed by atoms with Gasteiger partial charge in [-0.05, 0) is 43.0 Å². The largest absolute Gasteiger partial charge is 0.381 e. The quantitative estimate of drug-likeness (QED) is 0.871. The Morgan fingerprint density at radius 1 is 1.24 bits per heavy atom. The van der Waals surface area contributed by atoms with Crippen LogP contribution in [0.15, 0.2) is 18.2 Å². The van der Waals surface area contributed by atoms with Crippen LogP contribution in [0.4, 0.5) is 0 Å². The van der Waals surface area contributed by atoms with Crippen LogP contribution >= 0.6 is 23.2 Å². The molecule has 0 atom stereocenters. The van der Waals surface area contributed by atoms with E-state index in [9.17, 15) is 4.79 Å². The normalized spacial score (nSPS) is 17.5. The molecule has 4 nitrogen and oxygen atoms in total. The number of ether oxygens (including phenoxy) is 1. The Balaban J connectivity index is 1.88. The van der Waals surface area contributed by atoms with E-state index in [0.717, 1.165) is 5.56 Å². The van der Waals surface area contributed by atoms with Gasteiger partial charge in [0.15, 0.2) is 0 Å². The fourth-order valence-corrected chi connectivity index (χ4v) is 3.12. The fraction of sp³-hybridized carbons (Fsp3) is 0.533. The highest BCUT2D eigenvalue weighted by molar-refractivity contribution is 6.34. The van der Waals surface area contributed by atoms with Crippen molar-refractivity contribution in [3.05, 3.63) is 33.8 Å². The first-order valence-electron chi connectivity index (χ1n) is 7.07. The second-order valence-corrected chi connectivity index (χ2v) is 6.25. The SMILES string of the molecule is NCC1(C(=O)NCCc2cc(Cl)cc(Cl)c2)CCOCC1. The van der Waals surface area contributed by atoms with Crippen LogP contribution in [0.2, 0.25) is 10.0 Å². The highest BCUT2D eigenvalue weighted by Crippen LogP contribution is 2.29. The maximum atomic E-state index is 12.4. The Morgan fingerprint density at radius 3 is 2.43 bits per heavy atom. The maximum Gasteiger partial charge on any atom is 0.227 e. The van der Waals surface area contributed by atoms with Crippen molar-refractivity contribution in [1.29, 1.82) is 0 Å². The second kappa shape index (κ2) is 7.45. The predicted molar refractivity (Wildman–Crippen MR) is 84.7 cm³/mol. The molecule has 21 heavy (non-hydrogen) atoms. The number of hydrogen-bond donors (Lipinski definition) is 2. The van der Waals surface area contributed by atoms with Crippen LogP contribution in [0.3, 0.4) is 0 Å². The molecule has 1 saturated heterocycles. The Hall–Kier alpha value is -0.810. The minimum Gasteiger partial charge on any atom is -0.381 e. The molecule has 1 amide bonds. The summed E-state index contributed by atoms with van der Waals surface area (Å²) in [5.74, 6) is 0.0152. The monoisotopic (exact) mass is 330 g/mol. The van der Waals surface area contributed by atoms with Gasteiger partial charge in [-0.15, -0.1) is 0 Å². The van der Waals surface area contributed by atoms with Crippen molar-refractivity contribution in [1.82, 2.24) is 5.32 Å². The number of nitrogens with one attached hydrogen (secondary N) is 1. The number of halogens is 2. The van der Waals surface area contributed by atoms with Gasteiger partial charge in [0, 0.05) is 36.3 Å². The minimum absolute atomic E-state index is 0.0152. The van der Waals surface area contributed by atoms with Gasteiger partial charge in [0.25, 0.3) is 0 Å². The predicted octanol–water partition coefficient (Wildman–Crippen LogP) is 2.41. The lowest BCUT2D eigenvalue weighted by molar-refractivity contribution is -0.135.